The molecule has 2 N–H and O–H groups in total. The van der Waals surface area contributed by atoms with Crippen molar-refractivity contribution in [3.63, 3.8) is 0 Å². The number of anilines is 2. The molecular formula is C14H13N3O2. The van der Waals surface area contributed by atoms with Gasteiger partial charge in [0, 0.05) is 11.9 Å². The molecule has 0 aliphatic heterocycles. The Morgan fingerprint density at radius 2 is 1.58 bits per heavy atom. The molecule has 2 rings (SSSR count). The average molecular weight is 255 g/mol. The number of amides is 2. The van der Waals surface area contributed by atoms with Crippen LogP contribution in [0.3, 0.4) is 0 Å². The van der Waals surface area contributed by atoms with Crippen LogP contribution in [0.5, 0.6) is 0 Å². The van der Waals surface area contributed by atoms with Crippen LogP contribution in [0.4, 0.5) is 11.4 Å². The quantitative estimate of drug-likeness (QED) is 0.806. The van der Waals surface area contributed by atoms with Gasteiger partial charge in [-0.1, -0.05) is 17.7 Å². The van der Waals surface area contributed by atoms with E-state index in [9.17, 15) is 9.59 Å². The monoisotopic (exact) mass is 255 g/mol. The first-order chi connectivity index (χ1) is 9.15. The third-order valence-electron chi connectivity index (χ3n) is 2.44. The molecule has 19 heavy (non-hydrogen) atoms. The highest BCUT2D eigenvalue weighted by Gasteiger charge is 2.13. The van der Waals surface area contributed by atoms with E-state index < -0.39 is 11.8 Å². The SMILES string of the molecule is Cc1ccc(NC(=O)C(=O)Nc2cccnc2)cc1. The minimum absolute atomic E-state index is 0.478. The van der Waals surface area contributed by atoms with Crippen LogP contribution >= 0.6 is 0 Å². The average Bonchev–Trinajstić information content (AvgIpc) is 2.42. The van der Waals surface area contributed by atoms with E-state index >= 15 is 0 Å². The molecule has 1 aromatic carbocycles. The first-order valence-corrected chi connectivity index (χ1v) is 5.74. The van der Waals surface area contributed by atoms with Gasteiger partial charge in [0.25, 0.3) is 0 Å². The molecule has 0 spiro atoms. The fourth-order valence-electron chi connectivity index (χ4n) is 1.45. The number of carbonyl (C=O) groups is 2. The summed E-state index contributed by atoms with van der Waals surface area (Å²) in [4.78, 5) is 27.1. The molecule has 2 amide bonds. The number of pyridine rings is 1. The molecule has 0 aliphatic rings. The van der Waals surface area contributed by atoms with Crippen LogP contribution < -0.4 is 10.6 Å². The summed E-state index contributed by atoms with van der Waals surface area (Å²) in [6.07, 6.45) is 3.05. The molecule has 0 fully saturated rings. The van der Waals surface area contributed by atoms with E-state index in [0.29, 0.717) is 11.4 Å². The summed E-state index contributed by atoms with van der Waals surface area (Å²) in [6, 6.07) is 10.5. The van der Waals surface area contributed by atoms with Crippen LogP contribution in [-0.2, 0) is 9.59 Å². The van der Waals surface area contributed by atoms with Gasteiger partial charge in [-0.25, -0.2) is 0 Å². The number of aromatic nitrogens is 1. The molecule has 0 atom stereocenters. The third-order valence-corrected chi connectivity index (χ3v) is 2.44. The predicted octanol–water partition coefficient (Wildman–Crippen LogP) is 1.97. The summed E-state index contributed by atoms with van der Waals surface area (Å²) < 4.78 is 0. The second-order valence-electron chi connectivity index (χ2n) is 4.02. The van der Waals surface area contributed by atoms with Gasteiger partial charge < -0.3 is 10.6 Å². The molecule has 0 saturated carbocycles. The second kappa shape index (κ2) is 5.77. The summed E-state index contributed by atoms with van der Waals surface area (Å²) in [5.41, 5.74) is 2.14. The van der Waals surface area contributed by atoms with E-state index in [1.54, 1.807) is 30.5 Å². The molecule has 0 aliphatic carbocycles. The number of nitrogens with zero attached hydrogens (tertiary/aromatic N) is 1. The van der Waals surface area contributed by atoms with Crippen LogP contribution in [0.2, 0.25) is 0 Å². The molecule has 0 radical (unpaired) electrons. The molecule has 5 nitrogen and oxygen atoms in total. The zero-order valence-corrected chi connectivity index (χ0v) is 10.4. The van der Waals surface area contributed by atoms with Crippen molar-refractivity contribution >= 4 is 23.2 Å². The Hall–Kier alpha value is -2.69. The Bertz CT molecular complexity index is 579. The Morgan fingerprint density at radius 3 is 2.16 bits per heavy atom. The summed E-state index contributed by atoms with van der Waals surface area (Å²) in [6.45, 7) is 1.95. The van der Waals surface area contributed by atoms with Crippen LogP contribution in [0, 0.1) is 6.92 Å². The Balaban J connectivity index is 1.96. The molecule has 1 aromatic heterocycles. The Labute approximate surface area is 110 Å². The maximum atomic E-state index is 11.7. The lowest BCUT2D eigenvalue weighted by Crippen LogP contribution is -2.29. The standard InChI is InChI=1S/C14H13N3O2/c1-10-4-6-11(7-5-10)16-13(18)14(19)17-12-3-2-8-15-9-12/h2-9H,1H3,(H,16,18)(H,17,19). The molecule has 5 heteroatoms. The van der Waals surface area contributed by atoms with Crippen molar-refractivity contribution in [2.75, 3.05) is 10.6 Å². The normalized spacial score (nSPS) is 9.74. The summed E-state index contributed by atoms with van der Waals surface area (Å²) in [7, 11) is 0. The van der Waals surface area contributed by atoms with E-state index in [1.807, 2.05) is 19.1 Å². The topological polar surface area (TPSA) is 71.1 Å². The highest BCUT2D eigenvalue weighted by Crippen LogP contribution is 2.09. The van der Waals surface area contributed by atoms with Gasteiger partial charge in [0.1, 0.15) is 0 Å². The number of rotatable bonds is 2. The van der Waals surface area contributed by atoms with Gasteiger partial charge in [0.15, 0.2) is 0 Å². The highest BCUT2D eigenvalue weighted by molar-refractivity contribution is 6.43. The highest BCUT2D eigenvalue weighted by atomic mass is 16.2. The van der Waals surface area contributed by atoms with Gasteiger partial charge in [0.05, 0.1) is 11.9 Å². The molecule has 0 saturated heterocycles. The number of benzene rings is 1. The zero-order valence-electron chi connectivity index (χ0n) is 10.4. The minimum atomic E-state index is -0.728. The third kappa shape index (κ3) is 3.64. The van der Waals surface area contributed by atoms with E-state index in [-0.39, 0.29) is 0 Å². The predicted molar refractivity (Wildman–Crippen MR) is 72.7 cm³/mol. The van der Waals surface area contributed by atoms with Crippen LogP contribution in [-0.4, -0.2) is 16.8 Å². The van der Waals surface area contributed by atoms with Crippen LogP contribution in [0.25, 0.3) is 0 Å². The van der Waals surface area contributed by atoms with Crippen molar-refractivity contribution in [2.45, 2.75) is 6.92 Å². The van der Waals surface area contributed by atoms with Crippen molar-refractivity contribution in [2.24, 2.45) is 0 Å². The van der Waals surface area contributed by atoms with Gasteiger partial charge in [-0.2, -0.15) is 0 Å². The van der Waals surface area contributed by atoms with Crippen molar-refractivity contribution in [1.29, 1.82) is 0 Å². The van der Waals surface area contributed by atoms with Gasteiger partial charge in [-0.3, -0.25) is 14.6 Å². The fourth-order valence-corrected chi connectivity index (χ4v) is 1.45. The number of hydrogen-bond donors (Lipinski definition) is 2. The fraction of sp³-hybridized carbons (Fsp3) is 0.0714. The van der Waals surface area contributed by atoms with Crippen molar-refractivity contribution in [3.05, 3.63) is 54.4 Å². The second-order valence-corrected chi connectivity index (χ2v) is 4.02. The van der Waals surface area contributed by atoms with Crippen LogP contribution in [0.15, 0.2) is 48.8 Å². The van der Waals surface area contributed by atoms with Gasteiger partial charge in [-0.15, -0.1) is 0 Å². The number of nitrogens with one attached hydrogen (secondary N) is 2. The maximum absolute atomic E-state index is 11.7. The zero-order chi connectivity index (χ0) is 13.7. The van der Waals surface area contributed by atoms with E-state index in [0.717, 1.165) is 5.56 Å². The number of hydrogen-bond acceptors (Lipinski definition) is 3. The smallest absolute Gasteiger partial charge is 0.314 e. The van der Waals surface area contributed by atoms with Gasteiger partial charge in [-0.05, 0) is 31.2 Å². The van der Waals surface area contributed by atoms with Crippen molar-refractivity contribution in [3.8, 4) is 0 Å². The summed E-state index contributed by atoms with van der Waals surface area (Å²) in [5, 5.41) is 4.98. The molecule has 1 heterocycles. The van der Waals surface area contributed by atoms with Crippen molar-refractivity contribution in [1.82, 2.24) is 4.98 Å². The van der Waals surface area contributed by atoms with Gasteiger partial charge >= 0.3 is 11.8 Å². The first-order valence-electron chi connectivity index (χ1n) is 5.74. The van der Waals surface area contributed by atoms with Crippen molar-refractivity contribution < 1.29 is 9.59 Å². The first kappa shape index (κ1) is 12.8. The Morgan fingerprint density at radius 1 is 0.947 bits per heavy atom. The lowest BCUT2D eigenvalue weighted by molar-refractivity contribution is -0.133. The Kier molecular flexibility index (Phi) is 3.87. The maximum Gasteiger partial charge on any atom is 0.314 e. The van der Waals surface area contributed by atoms with Crippen LogP contribution in [0.1, 0.15) is 5.56 Å². The lowest BCUT2D eigenvalue weighted by atomic mass is 10.2. The largest absolute Gasteiger partial charge is 0.318 e. The number of aryl methyl sites for hydroxylation is 1. The van der Waals surface area contributed by atoms with E-state index in [1.165, 1.54) is 6.20 Å². The molecule has 0 unspecified atom stereocenters. The summed E-state index contributed by atoms with van der Waals surface area (Å²) in [5.74, 6) is -1.44. The number of carbonyl (C=O) groups excluding carboxylic acids is 2. The van der Waals surface area contributed by atoms with E-state index in [2.05, 4.69) is 15.6 Å². The molecule has 96 valence electrons. The minimum Gasteiger partial charge on any atom is -0.318 e. The molecule has 0 bridgehead atoms. The molecule has 2 aromatic rings. The molecular weight excluding hydrogens is 242 g/mol. The van der Waals surface area contributed by atoms with Gasteiger partial charge in [0.2, 0.25) is 0 Å². The summed E-state index contributed by atoms with van der Waals surface area (Å²) >= 11 is 0. The lowest BCUT2D eigenvalue weighted by Gasteiger charge is -2.06. The van der Waals surface area contributed by atoms with E-state index in [4.69, 9.17) is 0 Å².